The van der Waals surface area contributed by atoms with Crippen LogP contribution in [0.2, 0.25) is 0 Å². The van der Waals surface area contributed by atoms with Gasteiger partial charge in [-0.05, 0) is 30.4 Å². The molecule has 0 amide bonds. The summed E-state index contributed by atoms with van der Waals surface area (Å²) >= 11 is 0. The van der Waals surface area contributed by atoms with E-state index in [1.54, 1.807) is 11.6 Å². The predicted octanol–water partition coefficient (Wildman–Crippen LogP) is 3.32. The first-order valence-electron chi connectivity index (χ1n) is 7.68. The molecule has 1 aromatic heterocycles. The molecule has 0 fully saturated rings. The lowest BCUT2D eigenvalue weighted by atomic mass is 10.0. The Morgan fingerprint density at radius 1 is 1.14 bits per heavy atom. The summed E-state index contributed by atoms with van der Waals surface area (Å²) in [6.45, 7) is 8.23. The summed E-state index contributed by atoms with van der Waals surface area (Å²) in [7, 11) is 0. The monoisotopic (exact) mass is 287 g/mol. The Morgan fingerprint density at radius 2 is 1.81 bits per heavy atom. The van der Waals surface area contributed by atoms with Crippen LogP contribution in [0, 0.1) is 0 Å². The minimum atomic E-state index is -0.421. The van der Waals surface area contributed by atoms with Crippen LogP contribution < -0.4 is 0 Å². The van der Waals surface area contributed by atoms with Crippen molar-refractivity contribution in [3.8, 4) is 0 Å². The molecule has 0 radical (unpaired) electrons. The molecule has 114 valence electrons. The van der Waals surface area contributed by atoms with Crippen LogP contribution in [0.4, 0.5) is 0 Å². The molecular formula is C17H25N3O. The second-order valence-electron chi connectivity index (χ2n) is 5.98. The van der Waals surface area contributed by atoms with Crippen molar-refractivity contribution in [3.05, 3.63) is 47.3 Å². The van der Waals surface area contributed by atoms with Crippen LogP contribution in [-0.2, 0) is 6.42 Å². The maximum absolute atomic E-state index is 9.76. The van der Waals surface area contributed by atoms with Gasteiger partial charge in [0.2, 0.25) is 0 Å². The van der Waals surface area contributed by atoms with Gasteiger partial charge in [-0.1, -0.05) is 50.3 Å². The van der Waals surface area contributed by atoms with Gasteiger partial charge in [-0.15, -0.1) is 5.10 Å². The maximum atomic E-state index is 9.76. The molecule has 0 bridgehead atoms. The first kappa shape index (κ1) is 15.7. The van der Waals surface area contributed by atoms with E-state index in [4.69, 9.17) is 0 Å². The van der Waals surface area contributed by atoms with Crippen molar-refractivity contribution in [2.24, 2.45) is 0 Å². The number of aliphatic hydroxyl groups is 1. The molecule has 0 aliphatic carbocycles. The molecule has 0 saturated heterocycles. The molecule has 1 N–H and O–H groups in total. The summed E-state index contributed by atoms with van der Waals surface area (Å²) in [5.74, 6) is 0.552. The topological polar surface area (TPSA) is 50.9 Å². The number of hydrogen-bond donors (Lipinski definition) is 1. The van der Waals surface area contributed by atoms with E-state index >= 15 is 0 Å². The zero-order chi connectivity index (χ0) is 15.4. The second-order valence-corrected chi connectivity index (χ2v) is 5.98. The van der Waals surface area contributed by atoms with E-state index in [9.17, 15) is 5.11 Å². The molecule has 4 heteroatoms. The smallest absolute Gasteiger partial charge is 0.0871 e. The van der Waals surface area contributed by atoms with Crippen LogP contribution in [0.5, 0.6) is 0 Å². The SMILES string of the molecule is CC[C@@H]([C@@H](C)O)n1cc(Cc2ccc(C(C)C)cc2)nn1. The third-order valence-corrected chi connectivity index (χ3v) is 3.90. The predicted molar refractivity (Wildman–Crippen MR) is 84.4 cm³/mol. The maximum Gasteiger partial charge on any atom is 0.0871 e. The van der Waals surface area contributed by atoms with Gasteiger partial charge >= 0.3 is 0 Å². The van der Waals surface area contributed by atoms with E-state index in [0.29, 0.717) is 5.92 Å². The molecule has 1 heterocycles. The Hall–Kier alpha value is -1.68. The molecule has 0 aliphatic rings. The summed E-state index contributed by atoms with van der Waals surface area (Å²) < 4.78 is 1.78. The minimum absolute atomic E-state index is 0.00503. The Morgan fingerprint density at radius 3 is 2.33 bits per heavy atom. The van der Waals surface area contributed by atoms with Crippen molar-refractivity contribution in [2.75, 3.05) is 0 Å². The lowest BCUT2D eigenvalue weighted by Crippen LogP contribution is -2.21. The number of hydrogen-bond acceptors (Lipinski definition) is 3. The van der Waals surface area contributed by atoms with Gasteiger partial charge in [-0.3, -0.25) is 0 Å². The molecule has 21 heavy (non-hydrogen) atoms. The van der Waals surface area contributed by atoms with E-state index in [1.165, 1.54) is 11.1 Å². The van der Waals surface area contributed by atoms with Crippen LogP contribution in [0.3, 0.4) is 0 Å². The average Bonchev–Trinajstić information content (AvgIpc) is 2.88. The van der Waals surface area contributed by atoms with Crippen LogP contribution in [0.1, 0.15) is 62.9 Å². The molecule has 2 atom stereocenters. The van der Waals surface area contributed by atoms with E-state index in [1.807, 2.05) is 13.1 Å². The third-order valence-electron chi connectivity index (χ3n) is 3.90. The fourth-order valence-electron chi connectivity index (χ4n) is 2.54. The lowest BCUT2D eigenvalue weighted by molar-refractivity contribution is 0.119. The summed E-state index contributed by atoms with van der Waals surface area (Å²) in [4.78, 5) is 0. The molecular weight excluding hydrogens is 262 g/mol. The van der Waals surface area contributed by atoms with E-state index < -0.39 is 6.10 Å². The van der Waals surface area contributed by atoms with Crippen LogP contribution in [0.25, 0.3) is 0 Å². The molecule has 0 unspecified atom stereocenters. The standard InChI is InChI=1S/C17H25N3O/c1-5-17(13(4)21)20-11-16(18-19-20)10-14-6-8-15(9-7-14)12(2)3/h6-9,11-13,17,21H,5,10H2,1-4H3/t13-,17+/m1/s1. The van der Waals surface area contributed by atoms with Gasteiger partial charge in [0.15, 0.2) is 0 Å². The largest absolute Gasteiger partial charge is 0.391 e. The zero-order valence-electron chi connectivity index (χ0n) is 13.3. The first-order valence-corrected chi connectivity index (χ1v) is 7.68. The van der Waals surface area contributed by atoms with E-state index in [2.05, 4.69) is 48.4 Å². The first-order chi connectivity index (χ1) is 10.0. The summed E-state index contributed by atoms with van der Waals surface area (Å²) in [5, 5.41) is 18.1. The number of aromatic nitrogens is 3. The van der Waals surface area contributed by atoms with Crippen molar-refractivity contribution >= 4 is 0 Å². The fraction of sp³-hybridized carbons (Fsp3) is 0.529. The molecule has 2 aromatic rings. The van der Waals surface area contributed by atoms with Gasteiger partial charge in [0.1, 0.15) is 0 Å². The van der Waals surface area contributed by atoms with Crippen LogP contribution >= 0.6 is 0 Å². The Balaban J connectivity index is 2.08. The Kier molecular flexibility index (Phi) is 5.12. The molecule has 1 aromatic carbocycles. The number of benzene rings is 1. The molecule has 2 rings (SSSR count). The highest BCUT2D eigenvalue weighted by Crippen LogP contribution is 2.18. The number of aliphatic hydroxyl groups excluding tert-OH is 1. The fourth-order valence-corrected chi connectivity index (χ4v) is 2.54. The van der Waals surface area contributed by atoms with Crippen molar-refractivity contribution < 1.29 is 5.11 Å². The number of nitrogens with zero attached hydrogens (tertiary/aromatic N) is 3. The van der Waals surface area contributed by atoms with Crippen LogP contribution in [-0.4, -0.2) is 26.2 Å². The van der Waals surface area contributed by atoms with E-state index in [-0.39, 0.29) is 6.04 Å². The zero-order valence-corrected chi connectivity index (χ0v) is 13.3. The minimum Gasteiger partial charge on any atom is -0.391 e. The van der Waals surface area contributed by atoms with Gasteiger partial charge < -0.3 is 5.11 Å². The molecule has 0 aliphatic heterocycles. The van der Waals surface area contributed by atoms with Gasteiger partial charge in [0.05, 0.1) is 17.8 Å². The van der Waals surface area contributed by atoms with Crippen molar-refractivity contribution in [3.63, 3.8) is 0 Å². The number of rotatable bonds is 6. The van der Waals surface area contributed by atoms with Gasteiger partial charge in [0.25, 0.3) is 0 Å². The summed E-state index contributed by atoms with van der Waals surface area (Å²) in [6.07, 6.45) is 3.13. The second kappa shape index (κ2) is 6.85. The van der Waals surface area contributed by atoms with Gasteiger partial charge in [-0.2, -0.15) is 0 Å². The average molecular weight is 287 g/mol. The lowest BCUT2D eigenvalue weighted by Gasteiger charge is -2.17. The van der Waals surface area contributed by atoms with Crippen molar-refractivity contribution in [1.29, 1.82) is 0 Å². The molecule has 0 spiro atoms. The summed E-state index contributed by atoms with van der Waals surface area (Å²) in [5.41, 5.74) is 3.52. The highest BCUT2D eigenvalue weighted by atomic mass is 16.3. The van der Waals surface area contributed by atoms with Crippen LogP contribution in [0.15, 0.2) is 30.5 Å². The highest BCUT2D eigenvalue weighted by molar-refractivity contribution is 5.27. The molecule has 0 saturated carbocycles. The molecule has 4 nitrogen and oxygen atoms in total. The Labute approximate surface area is 126 Å². The summed E-state index contributed by atoms with van der Waals surface area (Å²) in [6, 6.07) is 8.65. The Bertz CT molecular complexity index is 558. The normalized spacial score (nSPS) is 14.4. The quantitative estimate of drug-likeness (QED) is 0.886. The highest BCUT2D eigenvalue weighted by Gasteiger charge is 2.16. The van der Waals surface area contributed by atoms with E-state index in [0.717, 1.165) is 18.5 Å². The van der Waals surface area contributed by atoms with Crippen molar-refractivity contribution in [1.82, 2.24) is 15.0 Å². The van der Waals surface area contributed by atoms with Crippen molar-refractivity contribution in [2.45, 2.75) is 58.6 Å². The van der Waals surface area contributed by atoms with Gasteiger partial charge in [0, 0.05) is 12.6 Å². The third kappa shape index (κ3) is 3.91. The van der Waals surface area contributed by atoms with Gasteiger partial charge in [-0.25, -0.2) is 4.68 Å².